The van der Waals surface area contributed by atoms with Crippen LogP contribution in [0.3, 0.4) is 0 Å². The van der Waals surface area contributed by atoms with Crippen molar-refractivity contribution in [1.82, 2.24) is 0 Å². The van der Waals surface area contributed by atoms with E-state index in [1.165, 1.54) is 22.8 Å². The summed E-state index contributed by atoms with van der Waals surface area (Å²) in [7, 11) is 1.57. The van der Waals surface area contributed by atoms with E-state index in [-0.39, 0.29) is 5.69 Å². The van der Waals surface area contributed by atoms with Crippen LogP contribution in [0.25, 0.3) is 16.5 Å². The molecule has 0 aliphatic carbocycles. The van der Waals surface area contributed by atoms with E-state index in [4.69, 9.17) is 4.74 Å². The number of rotatable bonds is 2. The van der Waals surface area contributed by atoms with Crippen molar-refractivity contribution >= 4 is 10.8 Å². The lowest BCUT2D eigenvalue weighted by Crippen LogP contribution is -2.32. The minimum absolute atomic E-state index is 0.0969. The van der Waals surface area contributed by atoms with Gasteiger partial charge >= 0.3 is 0 Å². The second kappa shape index (κ2) is 4.89. The molecule has 0 fully saturated rings. The van der Waals surface area contributed by atoms with E-state index in [0.717, 1.165) is 10.8 Å². The molecule has 0 radical (unpaired) electrons. The molecule has 0 saturated heterocycles. The molecule has 1 aromatic heterocycles. The molecule has 100 valence electrons. The van der Waals surface area contributed by atoms with E-state index < -0.39 is 11.6 Å². The lowest BCUT2D eigenvalue weighted by atomic mass is 10.1. The number of para-hydroxylation sites is 1. The Balaban J connectivity index is 2.28. The minimum Gasteiger partial charge on any atom is -0.496 e. The molecule has 0 aliphatic rings. The third-order valence-corrected chi connectivity index (χ3v) is 3.20. The van der Waals surface area contributed by atoms with Gasteiger partial charge in [0.2, 0.25) is 0 Å². The standard InChI is InChI=1S/C16H12F2NO/c1-20-15-7-2-4-11-8-9-19(10-12(11)15)16-13(17)5-3-6-14(16)18/h2-10H,1H3/q+1. The third kappa shape index (κ3) is 1.99. The molecule has 2 nitrogen and oxygen atoms in total. The Bertz CT molecular complexity index is 766. The van der Waals surface area contributed by atoms with Gasteiger partial charge in [-0.25, -0.2) is 0 Å². The Labute approximate surface area is 114 Å². The fraction of sp³-hybridized carbons (Fsp3) is 0.0625. The maximum atomic E-state index is 13.8. The van der Waals surface area contributed by atoms with Crippen molar-refractivity contribution in [2.75, 3.05) is 7.11 Å². The summed E-state index contributed by atoms with van der Waals surface area (Å²) < 4.78 is 34.4. The Morgan fingerprint density at radius 1 is 0.950 bits per heavy atom. The van der Waals surface area contributed by atoms with Gasteiger partial charge in [0.1, 0.15) is 5.75 Å². The maximum absolute atomic E-state index is 13.8. The number of nitrogens with zero attached hydrogens (tertiary/aromatic N) is 1. The summed E-state index contributed by atoms with van der Waals surface area (Å²) >= 11 is 0. The van der Waals surface area contributed by atoms with E-state index in [2.05, 4.69) is 0 Å². The first-order valence-corrected chi connectivity index (χ1v) is 6.13. The van der Waals surface area contributed by atoms with Crippen LogP contribution in [0, 0.1) is 11.6 Å². The molecule has 3 rings (SSSR count). The van der Waals surface area contributed by atoms with Crippen LogP contribution in [-0.4, -0.2) is 7.11 Å². The van der Waals surface area contributed by atoms with E-state index in [0.29, 0.717) is 5.75 Å². The van der Waals surface area contributed by atoms with Crippen LogP contribution < -0.4 is 9.30 Å². The number of hydrogen-bond acceptors (Lipinski definition) is 1. The summed E-state index contributed by atoms with van der Waals surface area (Å²) in [4.78, 5) is 0. The predicted molar refractivity (Wildman–Crippen MR) is 71.9 cm³/mol. The predicted octanol–water partition coefficient (Wildman–Crippen LogP) is 3.40. The SMILES string of the molecule is COc1cccc2cc[n+](-c3c(F)cccc3F)cc12. The molecule has 0 bridgehead atoms. The monoisotopic (exact) mass is 272 g/mol. The van der Waals surface area contributed by atoms with Gasteiger partial charge in [0, 0.05) is 6.07 Å². The molecule has 0 spiro atoms. The number of hydrogen-bond donors (Lipinski definition) is 0. The molecule has 0 amide bonds. The van der Waals surface area contributed by atoms with Crippen molar-refractivity contribution in [1.29, 1.82) is 0 Å². The molecular formula is C16H12F2NO+. The first kappa shape index (κ1) is 12.5. The van der Waals surface area contributed by atoms with Crippen LogP contribution in [0.15, 0.2) is 54.9 Å². The highest BCUT2D eigenvalue weighted by atomic mass is 19.1. The number of methoxy groups -OCH3 is 1. The Morgan fingerprint density at radius 3 is 2.35 bits per heavy atom. The van der Waals surface area contributed by atoms with Crippen molar-refractivity contribution in [3.05, 3.63) is 66.5 Å². The molecule has 3 aromatic rings. The molecule has 0 aliphatic heterocycles. The first-order chi connectivity index (χ1) is 9.70. The van der Waals surface area contributed by atoms with Crippen LogP contribution >= 0.6 is 0 Å². The maximum Gasteiger partial charge on any atom is 0.282 e. The molecule has 0 unspecified atom stereocenters. The Kier molecular flexibility index (Phi) is 3.06. The Morgan fingerprint density at radius 2 is 1.65 bits per heavy atom. The smallest absolute Gasteiger partial charge is 0.282 e. The minimum atomic E-state index is -0.607. The molecule has 0 atom stereocenters. The second-order valence-corrected chi connectivity index (χ2v) is 4.39. The van der Waals surface area contributed by atoms with Crippen molar-refractivity contribution < 1.29 is 18.1 Å². The number of halogens is 2. The van der Waals surface area contributed by atoms with Gasteiger partial charge in [-0.05, 0) is 23.6 Å². The van der Waals surface area contributed by atoms with Gasteiger partial charge in [-0.2, -0.15) is 13.3 Å². The first-order valence-electron chi connectivity index (χ1n) is 6.13. The van der Waals surface area contributed by atoms with Gasteiger partial charge in [-0.3, -0.25) is 0 Å². The average Bonchev–Trinajstić information content (AvgIpc) is 2.46. The zero-order valence-corrected chi connectivity index (χ0v) is 10.8. The van der Waals surface area contributed by atoms with Gasteiger partial charge in [0.05, 0.1) is 12.5 Å². The highest BCUT2D eigenvalue weighted by Crippen LogP contribution is 2.24. The van der Waals surface area contributed by atoms with E-state index in [1.54, 1.807) is 25.6 Å². The average molecular weight is 272 g/mol. The summed E-state index contributed by atoms with van der Waals surface area (Å²) in [5.41, 5.74) is -0.0969. The van der Waals surface area contributed by atoms with Gasteiger partial charge in [-0.15, -0.1) is 0 Å². The summed E-state index contributed by atoms with van der Waals surface area (Å²) in [6.07, 6.45) is 3.29. The lowest BCUT2D eigenvalue weighted by molar-refractivity contribution is -0.598. The highest BCUT2D eigenvalue weighted by molar-refractivity contribution is 5.86. The van der Waals surface area contributed by atoms with Crippen LogP contribution in [0.2, 0.25) is 0 Å². The van der Waals surface area contributed by atoms with Crippen molar-refractivity contribution in [2.45, 2.75) is 0 Å². The number of pyridine rings is 1. The largest absolute Gasteiger partial charge is 0.496 e. The van der Waals surface area contributed by atoms with Gasteiger partial charge in [0.15, 0.2) is 24.0 Å². The summed E-state index contributed by atoms with van der Waals surface area (Å²) in [5, 5.41) is 1.73. The normalized spacial score (nSPS) is 10.8. The van der Waals surface area contributed by atoms with Crippen molar-refractivity contribution in [3.63, 3.8) is 0 Å². The zero-order chi connectivity index (χ0) is 14.1. The fourth-order valence-corrected chi connectivity index (χ4v) is 2.24. The van der Waals surface area contributed by atoms with Crippen LogP contribution in [0.1, 0.15) is 0 Å². The van der Waals surface area contributed by atoms with Crippen molar-refractivity contribution in [3.8, 4) is 11.4 Å². The zero-order valence-electron chi connectivity index (χ0n) is 10.8. The number of aromatic nitrogens is 1. The number of benzene rings is 2. The third-order valence-electron chi connectivity index (χ3n) is 3.20. The fourth-order valence-electron chi connectivity index (χ4n) is 2.24. The lowest BCUT2D eigenvalue weighted by Gasteiger charge is -2.05. The molecule has 0 N–H and O–H groups in total. The molecule has 0 saturated carbocycles. The summed E-state index contributed by atoms with van der Waals surface area (Å²) in [6, 6.07) is 11.2. The molecule has 20 heavy (non-hydrogen) atoms. The van der Waals surface area contributed by atoms with Crippen LogP contribution in [-0.2, 0) is 0 Å². The summed E-state index contributed by atoms with van der Waals surface area (Å²) in [5.74, 6) is -0.554. The second-order valence-electron chi connectivity index (χ2n) is 4.39. The van der Waals surface area contributed by atoms with Gasteiger partial charge in [-0.1, -0.05) is 18.2 Å². The highest BCUT2D eigenvalue weighted by Gasteiger charge is 2.19. The number of ether oxygens (including phenoxy) is 1. The van der Waals surface area contributed by atoms with Crippen molar-refractivity contribution in [2.24, 2.45) is 0 Å². The van der Waals surface area contributed by atoms with Gasteiger partial charge in [0.25, 0.3) is 5.69 Å². The number of fused-ring (bicyclic) bond motifs is 1. The molecular weight excluding hydrogens is 260 g/mol. The van der Waals surface area contributed by atoms with Crippen LogP contribution in [0.5, 0.6) is 5.75 Å². The Hall–Kier alpha value is -2.49. The topological polar surface area (TPSA) is 13.1 Å². The van der Waals surface area contributed by atoms with Gasteiger partial charge < -0.3 is 4.74 Å². The molecule has 1 heterocycles. The molecule has 2 aromatic carbocycles. The molecule has 4 heteroatoms. The van der Waals surface area contributed by atoms with Crippen LogP contribution in [0.4, 0.5) is 8.78 Å². The quantitative estimate of drug-likeness (QED) is 0.652. The van der Waals surface area contributed by atoms with E-state index in [1.807, 2.05) is 18.2 Å². The van der Waals surface area contributed by atoms with E-state index >= 15 is 0 Å². The summed E-state index contributed by atoms with van der Waals surface area (Å²) in [6.45, 7) is 0. The van der Waals surface area contributed by atoms with E-state index in [9.17, 15) is 8.78 Å².